The Kier molecular flexibility index (Phi) is 5.69. The number of carbonyl (C=O) groups excluding carboxylic acids is 1. The van der Waals surface area contributed by atoms with E-state index in [4.69, 9.17) is 23.7 Å². The van der Waals surface area contributed by atoms with Crippen molar-refractivity contribution in [3.63, 3.8) is 0 Å². The number of ether oxygens (including phenoxy) is 2. The van der Waals surface area contributed by atoms with Gasteiger partial charge in [-0.25, -0.2) is 4.57 Å². The van der Waals surface area contributed by atoms with Crippen LogP contribution < -0.4 is 14.0 Å². The van der Waals surface area contributed by atoms with Gasteiger partial charge in [0.2, 0.25) is 0 Å². The zero-order valence-corrected chi connectivity index (χ0v) is 14.6. The maximum Gasteiger partial charge on any atom is 0.524 e. The van der Waals surface area contributed by atoms with Gasteiger partial charge in [-0.2, -0.15) is 0 Å². The van der Waals surface area contributed by atoms with Crippen molar-refractivity contribution in [2.75, 3.05) is 14.2 Å². The summed E-state index contributed by atoms with van der Waals surface area (Å²) in [5.41, 5.74) is -0.147. The zero-order chi connectivity index (χ0) is 18.6. The van der Waals surface area contributed by atoms with Crippen molar-refractivity contribution in [3.05, 3.63) is 47.4 Å². The van der Waals surface area contributed by atoms with E-state index >= 15 is 0 Å². The summed E-state index contributed by atoms with van der Waals surface area (Å²) in [6.07, 6.45) is 2.62. The maximum absolute atomic E-state index is 12.5. The highest BCUT2D eigenvalue weighted by Gasteiger charge is 2.25. The number of benzene rings is 1. The average molecular weight is 368 g/mol. The second-order valence-electron chi connectivity index (χ2n) is 4.93. The number of furan rings is 1. The Bertz CT molecular complexity index is 846. The van der Waals surface area contributed by atoms with Crippen molar-refractivity contribution >= 4 is 19.7 Å². The highest BCUT2D eigenvalue weighted by Crippen LogP contribution is 2.43. The number of carbonyl (C=O) groups is 1. The molecule has 0 spiro atoms. The maximum atomic E-state index is 12.5. The molecule has 0 amide bonds. The SMILES string of the molecule is COc1cc(OC)c(C(=O)C=Cc2ccc(C)o2)c(OP(=O)(O)O)c1. The van der Waals surface area contributed by atoms with Gasteiger partial charge in [-0.3, -0.25) is 14.6 Å². The molecule has 0 aliphatic heterocycles. The van der Waals surface area contributed by atoms with Crippen molar-refractivity contribution < 1.29 is 37.6 Å². The van der Waals surface area contributed by atoms with E-state index in [0.717, 1.165) is 0 Å². The molecule has 0 aliphatic carbocycles. The van der Waals surface area contributed by atoms with Gasteiger partial charge < -0.3 is 18.4 Å². The number of phosphoric ester groups is 1. The van der Waals surface area contributed by atoms with E-state index in [0.29, 0.717) is 11.5 Å². The Morgan fingerprint density at radius 1 is 1.16 bits per heavy atom. The largest absolute Gasteiger partial charge is 0.524 e. The molecular formula is C16H17O8P. The van der Waals surface area contributed by atoms with Gasteiger partial charge in [-0.05, 0) is 31.2 Å². The van der Waals surface area contributed by atoms with Gasteiger partial charge in [0.05, 0.1) is 14.2 Å². The summed E-state index contributed by atoms with van der Waals surface area (Å²) >= 11 is 0. The fourth-order valence-corrected chi connectivity index (χ4v) is 2.47. The van der Waals surface area contributed by atoms with Gasteiger partial charge in [0.1, 0.15) is 34.3 Å². The van der Waals surface area contributed by atoms with Crippen molar-refractivity contribution in [2.45, 2.75) is 6.92 Å². The summed E-state index contributed by atoms with van der Waals surface area (Å²) in [7, 11) is -2.22. The number of phosphoric acid groups is 1. The summed E-state index contributed by atoms with van der Waals surface area (Å²) in [6.45, 7) is 1.76. The van der Waals surface area contributed by atoms with Crippen LogP contribution in [0.4, 0.5) is 0 Å². The fraction of sp³-hybridized carbons (Fsp3) is 0.188. The van der Waals surface area contributed by atoms with Crippen LogP contribution in [0.15, 0.2) is 34.8 Å². The molecule has 0 unspecified atom stereocenters. The summed E-state index contributed by atoms with van der Waals surface area (Å²) in [4.78, 5) is 30.7. The lowest BCUT2D eigenvalue weighted by Gasteiger charge is -2.15. The molecule has 8 nitrogen and oxygen atoms in total. The average Bonchev–Trinajstić information content (AvgIpc) is 2.95. The van der Waals surface area contributed by atoms with E-state index < -0.39 is 13.6 Å². The second-order valence-corrected chi connectivity index (χ2v) is 6.09. The number of methoxy groups -OCH3 is 2. The molecule has 0 saturated heterocycles. The number of allylic oxidation sites excluding steroid dienone is 1. The molecule has 1 aromatic heterocycles. The quantitative estimate of drug-likeness (QED) is 0.435. The van der Waals surface area contributed by atoms with Crippen molar-refractivity contribution in [1.82, 2.24) is 0 Å². The van der Waals surface area contributed by atoms with E-state index in [2.05, 4.69) is 4.52 Å². The predicted octanol–water partition coefficient (Wildman–Crippen LogP) is 2.97. The summed E-state index contributed by atoms with van der Waals surface area (Å²) < 4.78 is 31.3. The molecule has 2 N–H and O–H groups in total. The minimum Gasteiger partial charge on any atom is -0.496 e. The van der Waals surface area contributed by atoms with Crippen LogP contribution in [-0.4, -0.2) is 29.8 Å². The first-order valence-electron chi connectivity index (χ1n) is 7.03. The number of hydrogen-bond donors (Lipinski definition) is 2. The normalized spacial score (nSPS) is 11.6. The molecule has 2 rings (SSSR count). The van der Waals surface area contributed by atoms with E-state index in [1.165, 1.54) is 38.5 Å². The van der Waals surface area contributed by atoms with E-state index in [1.807, 2.05) is 0 Å². The molecule has 1 heterocycles. The zero-order valence-electron chi connectivity index (χ0n) is 13.8. The lowest BCUT2D eigenvalue weighted by atomic mass is 10.1. The van der Waals surface area contributed by atoms with Gasteiger partial charge in [-0.1, -0.05) is 0 Å². The van der Waals surface area contributed by atoms with Gasteiger partial charge in [-0.15, -0.1) is 0 Å². The Hall–Kier alpha value is -2.54. The molecule has 0 radical (unpaired) electrons. The fourth-order valence-electron chi connectivity index (χ4n) is 2.07. The highest BCUT2D eigenvalue weighted by molar-refractivity contribution is 7.46. The van der Waals surface area contributed by atoms with Crippen molar-refractivity contribution in [1.29, 1.82) is 0 Å². The first kappa shape index (κ1) is 18.8. The number of hydrogen-bond acceptors (Lipinski definition) is 6. The van der Waals surface area contributed by atoms with Gasteiger partial charge in [0, 0.05) is 12.1 Å². The number of rotatable bonds is 7. The van der Waals surface area contributed by atoms with Gasteiger partial charge in [0.15, 0.2) is 5.78 Å². The molecule has 0 fully saturated rings. The van der Waals surface area contributed by atoms with Crippen LogP contribution in [0.1, 0.15) is 21.9 Å². The Labute approximate surface area is 143 Å². The van der Waals surface area contributed by atoms with Crippen LogP contribution in [-0.2, 0) is 4.57 Å². The van der Waals surface area contributed by atoms with Crippen LogP contribution in [0.25, 0.3) is 6.08 Å². The highest BCUT2D eigenvalue weighted by atomic mass is 31.2. The van der Waals surface area contributed by atoms with E-state index in [1.54, 1.807) is 19.1 Å². The van der Waals surface area contributed by atoms with E-state index in [9.17, 15) is 9.36 Å². The molecule has 134 valence electrons. The van der Waals surface area contributed by atoms with Crippen LogP contribution in [0.3, 0.4) is 0 Å². The molecule has 0 atom stereocenters. The van der Waals surface area contributed by atoms with Crippen molar-refractivity contribution in [3.8, 4) is 17.2 Å². The second kappa shape index (κ2) is 7.57. The third-order valence-electron chi connectivity index (χ3n) is 3.12. The predicted molar refractivity (Wildman–Crippen MR) is 89.0 cm³/mol. The first-order valence-corrected chi connectivity index (χ1v) is 8.56. The van der Waals surface area contributed by atoms with Crippen molar-refractivity contribution in [2.24, 2.45) is 0 Å². The lowest BCUT2D eigenvalue weighted by molar-refractivity contribution is 0.104. The standard InChI is InChI=1S/C16H17O8P/c1-10-4-5-11(23-10)6-7-13(17)16-14(22-3)8-12(21-2)9-15(16)24-25(18,19)20/h4-9H,1-3H3,(H2,18,19,20). The van der Waals surface area contributed by atoms with Crippen LogP contribution in [0, 0.1) is 6.92 Å². The first-order chi connectivity index (χ1) is 11.7. The monoisotopic (exact) mass is 368 g/mol. The summed E-state index contributed by atoms with van der Waals surface area (Å²) in [5.74, 6) is 0.456. The molecule has 0 bridgehead atoms. The molecule has 9 heteroatoms. The Balaban J connectivity index is 2.47. The van der Waals surface area contributed by atoms with Gasteiger partial charge >= 0.3 is 7.82 Å². The molecule has 1 aromatic carbocycles. The lowest BCUT2D eigenvalue weighted by Crippen LogP contribution is -2.04. The van der Waals surface area contributed by atoms with Crippen LogP contribution in [0.5, 0.6) is 17.2 Å². The minimum atomic E-state index is -4.89. The Morgan fingerprint density at radius 3 is 2.36 bits per heavy atom. The third-order valence-corrected chi connectivity index (χ3v) is 3.55. The van der Waals surface area contributed by atoms with Gasteiger partial charge in [0.25, 0.3) is 0 Å². The molecular weight excluding hydrogens is 351 g/mol. The molecule has 25 heavy (non-hydrogen) atoms. The minimum absolute atomic E-state index is 0.0491. The smallest absolute Gasteiger partial charge is 0.496 e. The summed E-state index contributed by atoms with van der Waals surface area (Å²) in [5, 5.41) is 0. The number of aryl methyl sites for hydroxylation is 1. The Morgan fingerprint density at radius 2 is 1.84 bits per heavy atom. The molecule has 0 aliphatic rings. The molecule has 0 saturated carbocycles. The number of ketones is 1. The van der Waals surface area contributed by atoms with E-state index in [-0.39, 0.29) is 22.8 Å². The van der Waals surface area contributed by atoms with Crippen LogP contribution >= 0.6 is 7.82 Å². The topological polar surface area (TPSA) is 115 Å². The molecule has 2 aromatic rings. The third kappa shape index (κ3) is 4.96. The summed E-state index contributed by atoms with van der Waals surface area (Å²) in [6, 6.07) is 6.02. The van der Waals surface area contributed by atoms with Crippen LogP contribution in [0.2, 0.25) is 0 Å².